The molecule has 14 heteroatoms. The number of benzene rings is 3. The van der Waals surface area contributed by atoms with Gasteiger partial charge in [0, 0.05) is 24.3 Å². The summed E-state index contributed by atoms with van der Waals surface area (Å²) >= 11 is 0. The molecule has 0 bridgehead atoms. The molecule has 0 spiro atoms. The summed E-state index contributed by atoms with van der Waals surface area (Å²) in [5, 5.41) is 28.9. The highest BCUT2D eigenvalue weighted by Crippen LogP contribution is 2.18. The molecule has 3 aromatic carbocycles. The zero-order valence-corrected chi connectivity index (χ0v) is 19.6. The molecule has 3 rings (SSSR count). The summed E-state index contributed by atoms with van der Waals surface area (Å²) in [4.78, 5) is 43.9. The number of rotatable bonds is 12. The van der Waals surface area contributed by atoms with E-state index in [4.69, 9.17) is 9.47 Å². The molecule has 38 heavy (non-hydrogen) atoms. The van der Waals surface area contributed by atoms with Gasteiger partial charge in [-0.05, 0) is 35.4 Å². The lowest BCUT2D eigenvalue weighted by Crippen LogP contribution is -2.24. The first-order chi connectivity index (χ1) is 18.3. The summed E-state index contributed by atoms with van der Waals surface area (Å²) in [6.45, 7) is -0.648. The number of nitro benzene ring substituents is 2. The van der Waals surface area contributed by atoms with Crippen molar-refractivity contribution in [1.82, 2.24) is 10.9 Å². The summed E-state index contributed by atoms with van der Waals surface area (Å²) in [6.07, 6.45) is 2.84. The summed E-state index contributed by atoms with van der Waals surface area (Å²) < 4.78 is 10.5. The molecule has 0 saturated carbocycles. The number of carbonyl (C=O) groups excluding carboxylic acids is 2. The summed E-state index contributed by atoms with van der Waals surface area (Å²) in [7, 11) is 0. The average Bonchev–Trinajstić information content (AvgIpc) is 2.92. The fourth-order valence-corrected chi connectivity index (χ4v) is 2.72. The standard InChI is InChI=1S/C24H20N6O8/c31-23(15-37-21-9-5-19(6-10-21)29(33)34)27-25-13-17-1-2-18(4-3-17)14-26-28-24(32)16-38-22-11-7-20(8-12-22)30(35)36/h1-14H,15-16H2,(H,27,31)(H,28,32)/b25-13+,26-14+. The summed E-state index contributed by atoms with van der Waals surface area (Å²) in [5.74, 6) is -0.423. The average molecular weight is 520 g/mol. The number of hydrogen-bond donors (Lipinski definition) is 2. The number of nitrogens with zero attached hydrogens (tertiary/aromatic N) is 4. The van der Waals surface area contributed by atoms with E-state index in [1.807, 2.05) is 0 Å². The van der Waals surface area contributed by atoms with Gasteiger partial charge in [-0.3, -0.25) is 29.8 Å². The third-order valence-corrected chi connectivity index (χ3v) is 4.58. The van der Waals surface area contributed by atoms with E-state index >= 15 is 0 Å². The molecule has 2 amide bonds. The van der Waals surface area contributed by atoms with Crippen LogP contribution in [-0.4, -0.2) is 47.3 Å². The molecule has 2 N–H and O–H groups in total. The Morgan fingerprint density at radius 3 is 1.32 bits per heavy atom. The molecule has 0 unspecified atom stereocenters. The Morgan fingerprint density at radius 1 is 0.658 bits per heavy atom. The number of amides is 2. The summed E-state index contributed by atoms with van der Waals surface area (Å²) in [6, 6.07) is 17.5. The second-order valence-electron chi connectivity index (χ2n) is 7.33. The molecule has 14 nitrogen and oxygen atoms in total. The number of nitrogens with one attached hydrogen (secondary N) is 2. The van der Waals surface area contributed by atoms with Gasteiger partial charge in [0.1, 0.15) is 11.5 Å². The van der Waals surface area contributed by atoms with Gasteiger partial charge in [-0.25, -0.2) is 10.9 Å². The van der Waals surface area contributed by atoms with Gasteiger partial charge in [0.2, 0.25) is 0 Å². The van der Waals surface area contributed by atoms with Gasteiger partial charge >= 0.3 is 0 Å². The van der Waals surface area contributed by atoms with E-state index < -0.39 is 21.7 Å². The van der Waals surface area contributed by atoms with Crippen LogP contribution < -0.4 is 20.3 Å². The third-order valence-electron chi connectivity index (χ3n) is 4.58. The van der Waals surface area contributed by atoms with E-state index in [1.165, 1.54) is 61.0 Å². The maximum Gasteiger partial charge on any atom is 0.277 e. The molecule has 0 aromatic heterocycles. The van der Waals surface area contributed by atoms with Crippen molar-refractivity contribution in [2.24, 2.45) is 10.2 Å². The monoisotopic (exact) mass is 520 g/mol. The van der Waals surface area contributed by atoms with E-state index in [9.17, 15) is 29.8 Å². The highest BCUT2D eigenvalue weighted by molar-refractivity contribution is 5.86. The molecular formula is C24H20N6O8. The Balaban J connectivity index is 1.36. The first-order valence-electron chi connectivity index (χ1n) is 10.8. The minimum absolute atomic E-state index is 0.0834. The lowest BCUT2D eigenvalue weighted by Gasteiger charge is -2.04. The van der Waals surface area contributed by atoms with Crippen molar-refractivity contribution in [3.05, 3.63) is 104 Å². The Labute approximate surface area is 214 Å². The predicted molar refractivity (Wildman–Crippen MR) is 135 cm³/mol. The molecule has 0 radical (unpaired) electrons. The lowest BCUT2D eigenvalue weighted by molar-refractivity contribution is -0.385. The normalized spacial score (nSPS) is 10.7. The Kier molecular flexibility index (Phi) is 9.52. The van der Waals surface area contributed by atoms with Crippen LogP contribution in [0, 0.1) is 20.2 Å². The third kappa shape index (κ3) is 8.84. The van der Waals surface area contributed by atoms with Crippen molar-refractivity contribution >= 4 is 35.6 Å². The van der Waals surface area contributed by atoms with Gasteiger partial charge in [0.15, 0.2) is 13.2 Å². The molecule has 0 atom stereocenters. The number of non-ortho nitro benzene ring substituents is 2. The van der Waals surface area contributed by atoms with Crippen molar-refractivity contribution in [3.63, 3.8) is 0 Å². The molecule has 0 aliphatic rings. The van der Waals surface area contributed by atoms with E-state index in [1.54, 1.807) is 24.3 Å². The SMILES string of the molecule is O=C(COc1ccc([N+](=O)[O-])cc1)N/N=C/c1ccc(/C=N/NC(=O)COc2ccc([N+](=O)[O-])cc2)cc1. The number of hydrogen-bond acceptors (Lipinski definition) is 10. The molecule has 0 heterocycles. The maximum atomic E-state index is 11.8. The van der Waals surface area contributed by atoms with Crippen LogP contribution in [0.25, 0.3) is 0 Å². The Bertz CT molecular complexity index is 1240. The topological polar surface area (TPSA) is 188 Å². The van der Waals surface area contributed by atoms with Crippen LogP contribution in [0.1, 0.15) is 11.1 Å². The second-order valence-corrected chi connectivity index (χ2v) is 7.33. The fourth-order valence-electron chi connectivity index (χ4n) is 2.72. The van der Waals surface area contributed by atoms with Crippen LogP contribution in [0.3, 0.4) is 0 Å². The number of hydrazone groups is 2. The fraction of sp³-hybridized carbons (Fsp3) is 0.0833. The van der Waals surface area contributed by atoms with Gasteiger partial charge < -0.3 is 9.47 Å². The predicted octanol–water partition coefficient (Wildman–Crippen LogP) is 2.56. The first-order valence-corrected chi connectivity index (χ1v) is 10.8. The van der Waals surface area contributed by atoms with Crippen LogP contribution in [-0.2, 0) is 9.59 Å². The lowest BCUT2D eigenvalue weighted by atomic mass is 10.2. The Hall–Kier alpha value is -5.66. The number of ether oxygens (including phenoxy) is 2. The van der Waals surface area contributed by atoms with Crippen LogP contribution >= 0.6 is 0 Å². The van der Waals surface area contributed by atoms with Gasteiger partial charge in [-0.2, -0.15) is 10.2 Å². The smallest absolute Gasteiger partial charge is 0.277 e. The quantitative estimate of drug-likeness (QED) is 0.207. The van der Waals surface area contributed by atoms with Crippen LogP contribution in [0.15, 0.2) is 83.0 Å². The van der Waals surface area contributed by atoms with Crippen molar-refractivity contribution in [2.75, 3.05) is 13.2 Å². The molecular weight excluding hydrogens is 500 g/mol. The van der Waals surface area contributed by atoms with Crippen LogP contribution in [0.5, 0.6) is 11.5 Å². The Morgan fingerprint density at radius 2 is 1.00 bits per heavy atom. The molecule has 0 aliphatic carbocycles. The van der Waals surface area contributed by atoms with Crippen molar-refractivity contribution in [2.45, 2.75) is 0 Å². The molecule has 0 aliphatic heterocycles. The van der Waals surface area contributed by atoms with Gasteiger partial charge in [0.25, 0.3) is 23.2 Å². The maximum absolute atomic E-state index is 11.8. The highest BCUT2D eigenvalue weighted by Gasteiger charge is 2.07. The van der Waals surface area contributed by atoms with E-state index in [2.05, 4.69) is 21.1 Å². The molecule has 194 valence electrons. The highest BCUT2D eigenvalue weighted by atomic mass is 16.6. The summed E-state index contributed by atoms with van der Waals surface area (Å²) in [5.41, 5.74) is 5.80. The second kappa shape index (κ2) is 13.4. The number of carbonyl (C=O) groups is 2. The van der Waals surface area contributed by atoms with Gasteiger partial charge in [-0.1, -0.05) is 24.3 Å². The van der Waals surface area contributed by atoms with Crippen LogP contribution in [0.4, 0.5) is 11.4 Å². The van der Waals surface area contributed by atoms with Crippen molar-refractivity contribution < 1.29 is 28.9 Å². The van der Waals surface area contributed by atoms with Crippen molar-refractivity contribution in [3.8, 4) is 11.5 Å². The van der Waals surface area contributed by atoms with Gasteiger partial charge in [-0.15, -0.1) is 0 Å². The number of nitro groups is 2. The molecule has 0 saturated heterocycles. The van der Waals surface area contributed by atoms with Crippen molar-refractivity contribution in [1.29, 1.82) is 0 Å². The zero-order chi connectivity index (χ0) is 27.3. The first kappa shape index (κ1) is 26.9. The van der Waals surface area contributed by atoms with Crippen LogP contribution in [0.2, 0.25) is 0 Å². The van der Waals surface area contributed by atoms with E-state index in [0.29, 0.717) is 22.6 Å². The van der Waals surface area contributed by atoms with Gasteiger partial charge in [0.05, 0.1) is 22.3 Å². The zero-order valence-electron chi connectivity index (χ0n) is 19.6. The minimum Gasteiger partial charge on any atom is -0.484 e. The largest absolute Gasteiger partial charge is 0.484 e. The molecule has 0 fully saturated rings. The molecule has 3 aromatic rings. The van der Waals surface area contributed by atoms with E-state index in [-0.39, 0.29) is 24.6 Å². The van der Waals surface area contributed by atoms with E-state index in [0.717, 1.165) is 0 Å². The minimum atomic E-state index is -0.535.